The maximum atomic E-state index is 13.4. The molecule has 1 saturated heterocycles. The normalized spacial score (nSPS) is 18.6. The number of carbonyl (C=O) groups excluding carboxylic acids is 1. The Morgan fingerprint density at radius 2 is 1.79 bits per heavy atom. The molecule has 0 aromatic carbocycles. The van der Waals surface area contributed by atoms with E-state index in [4.69, 9.17) is 0 Å². The van der Waals surface area contributed by atoms with Gasteiger partial charge < -0.3 is 9.47 Å². The highest BCUT2D eigenvalue weighted by atomic mass is 16.2. The van der Waals surface area contributed by atoms with Crippen LogP contribution in [0.2, 0.25) is 0 Å². The van der Waals surface area contributed by atoms with Gasteiger partial charge in [0.1, 0.15) is 11.6 Å². The number of carbonyl (C=O) groups is 1. The summed E-state index contributed by atoms with van der Waals surface area (Å²) < 4.78 is 4.09. The number of hydrogen-bond donors (Lipinski definition) is 0. The van der Waals surface area contributed by atoms with Crippen LogP contribution in [0.4, 0.5) is 0 Å². The second kappa shape index (κ2) is 9.27. The molecule has 1 amide bonds. The van der Waals surface area contributed by atoms with Crippen LogP contribution in [0.5, 0.6) is 0 Å². The maximum absolute atomic E-state index is 13.4. The molecule has 0 radical (unpaired) electrons. The number of rotatable bonds is 4. The minimum atomic E-state index is 0.146. The summed E-state index contributed by atoms with van der Waals surface area (Å²) in [5, 5.41) is 13.7. The van der Waals surface area contributed by atoms with Crippen LogP contribution in [0.25, 0.3) is 5.95 Å². The Balaban J connectivity index is 1.33. The molecule has 0 aliphatic carbocycles. The van der Waals surface area contributed by atoms with E-state index < -0.39 is 0 Å². The van der Waals surface area contributed by atoms with Crippen molar-refractivity contribution in [1.82, 2.24) is 39.4 Å². The number of piperidine rings is 1. The molecule has 1 atom stereocenters. The van der Waals surface area contributed by atoms with Crippen molar-refractivity contribution in [2.45, 2.75) is 85.1 Å². The lowest BCUT2D eigenvalue weighted by Gasteiger charge is -2.32. The molecule has 0 spiro atoms. The highest BCUT2D eigenvalue weighted by Crippen LogP contribution is 2.29. The van der Waals surface area contributed by atoms with Crippen LogP contribution in [0.3, 0.4) is 0 Å². The van der Waals surface area contributed by atoms with E-state index in [1.165, 1.54) is 19.3 Å². The molecule has 5 rings (SSSR count). The van der Waals surface area contributed by atoms with Gasteiger partial charge in [-0.25, -0.2) is 14.6 Å². The van der Waals surface area contributed by atoms with Gasteiger partial charge in [-0.05, 0) is 59.4 Å². The van der Waals surface area contributed by atoms with Crippen LogP contribution in [-0.4, -0.2) is 58.4 Å². The van der Waals surface area contributed by atoms with Crippen molar-refractivity contribution in [3.8, 4) is 5.95 Å². The fraction of sp³-hybridized carbons (Fsp3) is 0.600. The Hall–Kier alpha value is -3.10. The molecule has 0 saturated carbocycles. The van der Waals surface area contributed by atoms with E-state index in [1.807, 2.05) is 38.7 Å². The zero-order chi connectivity index (χ0) is 23.8. The number of aryl methyl sites for hydroxylation is 4. The molecule has 1 unspecified atom stereocenters. The van der Waals surface area contributed by atoms with Gasteiger partial charge in [0.05, 0.1) is 12.1 Å². The van der Waals surface area contributed by atoms with Crippen molar-refractivity contribution in [2.75, 3.05) is 13.1 Å². The number of fused-ring (bicyclic) bond motifs is 1. The van der Waals surface area contributed by atoms with E-state index in [9.17, 15) is 4.79 Å². The summed E-state index contributed by atoms with van der Waals surface area (Å²) in [5.41, 5.74) is 4.54. The SMILES string of the molecule is Cc1cc(C)nc(-n2nc(C)c(CC(=O)N3CCCC(c4nnc5n4CCCCC5)C3)c2C)n1. The van der Waals surface area contributed by atoms with Gasteiger partial charge in [0.25, 0.3) is 5.95 Å². The fourth-order valence-electron chi connectivity index (χ4n) is 5.41. The predicted molar refractivity (Wildman–Crippen MR) is 128 cm³/mol. The third-order valence-electron chi connectivity index (χ3n) is 7.21. The largest absolute Gasteiger partial charge is 0.342 e. The Kier molecular flexibility index (Phi) is 6.18. The summed E-state index contributed by atoms with van der Waals surface area (Å²) >= 11 is 0. The number of amides is 1. The van der Waals surface area contributed by atoms with Crippen molar-refractivity contribution in [1.29, 1.82) is 0 Å². The third kappa shape index (κ3) is 4.35. The molecular weight excluding hydrogens is 428 g/mol. The first kappa shape index (κ1) is 22.7. The van der Waals surface area contributed by atoms with E-state index in [0.29, 0.717) is 18.9 Å². The highest BCUT2D eigenvalue weighted by Gasteiger charge is 2.30. The van der Waals surface area contributed by atoms with Gasteiger partial charge in [-0.3, -0.25) is 4.79 Å². The molecule has 9 heteroatoms. The smallest absolute Gasteiger partial charge is 0.251 e. The van der Waals surface area contributed by atoms with Crippen LogP contribution < -0.4 is 0 Å². The summed E-state index contributed by atoms with van der Waals surface area (Å²) in [5.74, 6) is 3.14. The van der Waals surface area contributed by atoms with Gasteiger partial charge in [-0.15, -0.1) is 10.2 Å². The Morgan fingerprint density at radius 1 is 1.00 bits per heavy atom. The van der Waals surface area contributed by atoms with Gasteiger partial charge in [-0.2, -0.15) is 5.10 Å². The second-order valence-electron chi connectivity index (χ2n) is 9.80. The van der Waals surface area contributed by atoms with Crippen molar-refractivity contribution < 1.29 is 4.79 Å². The van der Waals surface area contributed by atoms with E-state index in [-0.39, 0.29) is 11.8 Å². The number of nitrogens with zero attached hydrogens (tertiary/aromatic N) is 8. The molecule has 1 fully saturated rings. The summed E-state index contributed by atoms with van der Waals surface area (Å²) in [7, 11) is 0. The molecule has 5 heterocycles. The predicted octanol–water partition coefficient (Wildman–Crippen LogP) is 3.16. The molecular formula is C25H34N8O. The summed E-state index contributed by atoms with van der Waals surface area (Å²) in [6.07, 6.45) is 7.01. The molecule has 34 heavy (non-hydrogen) atoms. The number of likely N-dealkylation sites (tertiary alicyclic amines) is 1. The molecule has 0 N–H and O–H groups in total. The first-order valence-corrected chi connectivity index (χ1v) is 12.5. The Labute approximate surface area is 200 Å². The minimum Gasteiger partial charge on any atom is -0.342 e. The average molecular weight is 463 g/mol. The molecule has 0 bridgehead atoms. The van der Waals surface area contributed by atoms with Crippen LogP contribution in [0.15, 0.2) is 6.07 Å². The highest BCUT2D eigenvalue weighted by molar-refractivity contribution is 5.79. The standard InChI is InChI=1S/C25H34N8O/c1-16-13-17(2)27-25(26-16)33-19(4)21(18(3)30-33)14-23(34)31-11-8-9-20(15-31)24-29-28-22-10-6-5-7-12-32(22)24/h13,20H,5-12,14-15H2,1-4H3. The Bertz CT molecular complexity index is 1190. The van der Waals surface area contributed by atoms with Crippen LogP contribution in [0, 0.1) is 27.7 Å². The van der Waals surface area contributed by atoms with Crippen molar-refractivity contribution in [3.63, 3.8) is 0 Å². The van der Waals surface area contributed by atoms with Crippen LogP contribution >= 0.6 is 0 Å². The zero-order valence-electron chi connectivity index (χ0n) is 20.7. The number of hydrogen-bond acceptors (Lipinski definition) is 6. The lowest BCUT2D eigenvalue weighted by atomic mass is 9.96. The second-order valence-corrected chi connectivity index (χ2v) is 9.80. The molecule has 3 aromatic heterocycles. The van der Waals surface area contributed by atoms with Gasteiger partial charge >= 0.3 is 0 Å². The van der Waals surface area contributed by atoms with E-state index >= 15 is 0 Å². The topological polar surface area (TPSA) is 94.6 Å². The first-order chi connectivity index (χ1) is 16.4. The fourth-order valence-corrected chi connectivity index (χ4v) is 5.41. The van der Waals surface area contributed by atoms with E-state index in [2.05, 4.69) is 29.8 Å². The van der Waals surface area contributed by atoms with E-state index in [1.54, 1.807) is 4.68 Å². The van der Waals surface area contributed by atoms with Crippen LogP contribution in [-0.2, 0) is 24.2 Å². The van der Waals surface area contributed by atoms with E-state index in [0.717, 1.165) is 72.3 Å². The summed E-state index contributed by atoms with van der Waals surface area (Å²) in [4.78, 5) is 24.5. The lowest BCUT2D eigenvalue weighted by molar-refractivity contribution is -0.131. The van der Waals surface area contributed by atoms with Gasteiger partial charge in [0.15, 0.2) is 0 Å². The number of aromatic nitrogens is 7. The first-order valence-electron chi connectivity index (χ1n) is 12.5. The minimum absolute atomic E-state index is 0.146. The van der Waals surface area contributed by atoms with Gasteiger partial charge in [-0.1, -0.05) is 6.42 Å². The van der Waals surface area contributed by atoms with Gasteiger partial charge in [0, 0.05) is 54.6 Å². The van der Waals surface area contributed by atoms with Crippen molar-refractivity contribution in [2.24, 2.45) is 0 Å². The quantitative estimate of drug-likeness (QED) is 0.591. The maximum Gasteiger partial charge on any atom is 0.251 e. The summed E-state index contributed by atoms with van der Waals surface area (Å²) in [6.45, 7) is 10.4. The zero-order valence-corrected chi connectivity index (χ0v) is 20.7. The summed E-state index contributed by atoms with van der Waals surface area (Å²) in [6, 6.07) is 1.95. The average Bonchev–Trinajstić information content (AvgIpc) is 3.24. The monoisotopic (exact) mass is 462 g/mol. The van der Waals surface area contributed by atoms with Crippen molar-refractivity contribution in [3.05, 3.63) is 46.1 Å². The lowest BCUT2D eigenvalue weighted by Crippen LogP contribution is -2.40. The van der Waals surface area contributed by atoms with Crippen molar-refractivity contribution >= 4 is 5.91 Å². The Morgan fingerprint density at radius 3 is 2.59 bits per heavy atom. The molecule has 9 nitrogen and oxygen atoms in total. The third-order valence-corrected chi connectivity index (χ3v) is 7.21. The molecule has 2 aliphatic heterocycles. The van der Waals surface area contributed by atoms with Crippen LogP contribution in [0.1, 0.15) is 78.0 Å². The molecule has 180 valence electrons. The molecule has 3 aromatic rings. The molecule has 2 aliphatic rings. The van der Waals surface area contributed by atoms with Gasteiger partial charge in [0.2, 0.25) is 5.91 Å².